The van der Waals surface area contributed by atoms with Crippen LogP contribution in [0, 0.1) is 0 Å². The number of aromatic nitrogens is 1. The molecule has 1 fully saturated rings. The first-order chi connectivity index (χ1) is 10.3. The molecule has 5 nitrogen and oxygen atoms in total. The van der Waals surface area contributed by atoms with E-state index in [1.807, 2.05) is 0 Å². The number of carbonyl (C=O) groups is 1. The Hall–Kier alpha value is -1.67. The number of nitrogens with zero attached hydrogens (tertiary/aromatic N) is 2. The van der Waals surface area contributed by atoms with Gasteiger partial charge in [-0.05, 0) is 19.1 Å². The number of anilines is 1. The van der Waals surface area contributed by atoms with Crippen LogP contribution in [0.5, 0.6) is 0 Å². The van der Waals surface area contributed by atoms with Crippen molar-refractivity contribution in [2.75, 3.05) is 38.3 Å². The van der Waals surface area contributed by atoms with E-state index < -0.39 is 11.9 Å². The number of Topliss-reactive ketones (excluding diaryl/α,β-unsaturated/α-hetero) is 1. The average molecular weight is 318 g/mol. The number of carbonyl (C=O) groups excluding carboxylic acids is 1. The van der Waals surface area contributed by atoms with Crippen LogP contribution in [0.4, 0.5) is 19.0 Å². The van der Waals surface area contributed by atoms with Crippen molar-refractivity contribution < 1.29 is 27.4 Å². The lowest BCUT2D eigenvalue weighted by Gasteiger charge is -2.34. The molecule has 2 rings (SSSR count). The monoisotopic (exact) mass is 318 g/mol. The highest BCUT2D eigenvalue weighted by Gasteiger charge is 2.34. The molecule has 0 spiro atoms. The topological polar surface area (TPSA) is 51.7 Å². The van der Waals surface area contributed by atoms with E-state index in [1.54, 1.807) is 4.90 Å². The van der Waals surface area contributed by atoms with Crippen molar-refractivity contribution >= 4 is 11.6 Å². The number of ketones is 1. The van der Waals surface area contributed by atoms with E-state index in [0.717, 1.165) is 6.07 Å². The van der Waals surface area contributed by atoms with Crippen LogP contribution in [0.15, 0.2) is 12.1 Å². The Morgan fingerprint density at radius 2 is 2.23 bits per heavy atom. The number of halogens is 3. The summed E-state index contributed by atoms with van der Waals surface area (Å²) < 4.78 is 49.0. The minimum Gasteiger partial charge on any atom is -0.382 e. The van der Waals surface area contributed by atoms with Crippen molar-refractivity contribution in [1.82, 2.24) is 4.98 Å². The predicted molar refractivity (Wildman–Crippen MR) is 73.1 cm³/mol. The maximum Gasteiger partial charge on any atom is 0.433 e. The van der Waals surface area contributed by atoms with Crippen LogP contribution >= 0.6 is 0 Å². The molecule has 1 aliphatic rings. The number of alkyl halides is 3. The maximum absolute atomic E-state index is 12.9. The fourth-order valence-electron chi connectivity index (χ4n) is 2.32. The number of pyridine rings is 1. The minimum absolute atomic E-state index is 0.0479. The summed E-state index contributed by atoms with van der Waals surface area (Å²) in [5, 5.41) is 0. The largest absolute Gasteiger partial charge is 0.433 e. The molecule has 1 atom stereocenters. The van der Waals surface area contributed by atoms with Crippen LogP contribution in [0.1, 0.15) is 23.0 Å². The van der Waals surface area contributed by atoms with Gasteiger partial charge in [-0.25, -0.2) is 4.98 Å². The number of hydrogen-bond acceptors (Lipinski definition) is 5. The number of hydrogen-bond donors (Lipinski definition) is 0. The Kier molecular flexibility index (Phi) is 5.02. The third-order valence-electron chi connectivity index (χ3n) is 3.34. The van der Waals surface area contributed by atoms with Crippen molar-refractivity contribution in [2.45, 2.75) is 19.2 Å². The molecule has 0 amide bonds. The van der Waals surface area contributed by atoms with E-state index in [0.29, 0.717) is 26.3 Å². The minimum atomic E-state index is -4.55. The van der Waals surface area contributed by atoms with Gasteiger partial charge in [-0.3, -0.25) is 4.79 Å². The molecule has 1 aliphatic heterocycles. The number of morpholine rings is 1. The van der Waals surface area contributed by atoms with Crippen molar-refractivity contribution in [2.24, 2.45) is 0 Å². The van der Waals surface area contributed by atoms with Crippen LogP contribution in [0.25, 0.3) is 0 Å². The predicted octanol–water partition coefficient (Wildman–Crippen LogP) is 2.15. The SMILES string of the molecule is COC[C@H]1CN(c2nc(C(F)(F)F)ccc2C(C)=O)CCO1. The fraction of sp³-hybridized carbons (Fsp3) is 0.571. The lowest BCUT2D eigenvalue weighted by molar-refractivity contribution is -0.141. The van der Waals surface area contributed by atoms with Crippen LogP contribution in [0.3, 0.4) is 0 Å². The first kappa shape index (κ1) is 16.7. The first-order valence-corrected chi connectivity index (χ1v) is 6.77. The van der Waals surface area contributed by atoms with Crippen LogP contribution < -0.4 is 4.90 Å². The van der Waals surface area contributed by atoms with Crippen LogP contribution in [-0.2, 0) is 15.7 Å². The summed E-state index contributed by atoms with van der Waals surface area (Å²) in [5.41, 5.74) is -0.839. The molecule has 122 valence electrons. The molecule has 2 heterocycles. The molecular formula is C14H17F3N2O3. The van der Waals surface area contributed by atoms with E-state index in [4.69, 9.17) is 9.47 Å². The Morgan fingerprint density at radius 1 is 1.50 bits per heavy atom. The van der Waals surface area contributed by atoms with E-state index in [2.05, 4.69) is 4.98 Å². The van der Waals surface area contributed by atoms with Gasteiger partial charge in [-0.2, -0.15) is 13.2 Å². The van der Waals surface area contributed by atoms with E-state index in [9.17, 15) is 18.0 Å². The molecule has 8 heteroatoms. The molecule has 1 aromatic heterocycles. The lowest BCUT2D eigenvalue weighted by Crippen LogP contribution is -2.45. The molecule has 0 unspecified atom stereocenters. The average Bonchev–Trinajstić information content (AvgIpc) is 2.46. The first-order valence-electron chi connectivity index (χ1n) is 6.77. The highest BCUT2D eigenvalue weighted by molar-refractivity contribution is 5.98. The second-order valence-corrected chi connectivity index (χ2v) is 5.02. The summed E-state index contributed by atoms with van der Waals surface area (Å²) in [4.78, 5) is 17.0. The van der Waals surface area contributed by atoms with E-state index >= 15 is 0 Å². The summed E-state index contributed by atoms with van der Waals surface area (Å²) in [6, 6.07) is 2.00. The van der Waals surface area contributed by atoms with Gasteiger partial charge >= 0.3 is 6.18 Å². The Bertz CT molecular complexity index is 547. The Balaban J connectivity index is 2.36. The molecule has 0 N–H and O–H groups in total. The smallest absolute Gasteiger partial charge is 0.382 e. The fourth-order valence-corrected chi connectivity index (χ4v) is 2.32. The number of methoxy groups -OCH3 is 1. The zero-order chi connectivity index (χ0) is 16.3. The standard InChI is InChI=1S/C14H17F3N2O3/c1-9(20)11-3-4-12(14(15,16)17)18-13(11)19-5-6-22-10(7-19)8-21-2/h3-4,10H,5-8H2,1-2H3/t10-/m1/s1. The molecule has 0 aromatic carbocycles. The Labute approximate surface area is 126 Å². The van der Waals surface area contributed by atoms with Crippen molar-refractivity contribution in [3.8, 4) is 0 Å². The molecule has 1 saturated heterocycles. The van der Waals surface area contributed by atoms with Crippen LogP contribution in [0.2, 0.25) is 0 Å². The van der Waals surface area contributed by atoms with Gasteiger partial charge in [0.25, 0.3) is 0 Å². The summed E-state index contributed by atoms with van der Waals surface area (Å²) in [7, 11) is 1.52. The summed E-state index contributed by atoms with van der Waals surface area (Å²) in [6.07, 6.45) is -4.82. The molecule has 0 bridgehead atoms. The zero-order valence-corrected chi connectivity index (χ0v) is 12.3. The second kappa shape index (κ2) is 6.62. The summed E-state index contributed by atoms with van der Waals surface area (Å²) >= 11 is 0. The van der Waals surface area contributed by atoms with Gasteiger partial charge in [0.05, 0.1) is 24.9 Å². The van der Waals surface area contributed by atoms with Crippen LogP contribution in [-0.4, -0.2) is 50.3 Å². The highest BCUT2D eigenvalue weighted by Crippen LogP contribution is 2.31. The Morgan fingerprint density at radius 3 is 2.82 bits per heavy atom. The second-order valence-electron chi connectivity index (χ2n) is 5.02. The normalized spacial score (nSPS) is 19.3. The van der Waals surface area contributed by atoms with Gasteiger partial charge in [0.1, 0.15) is 11.5 Å². The summed E-state index contributed by atoms with van der Waals surface area (Å²) in [6.45, 7) is 2.66. The van der Waals surface area contributed by atoms with Gasteiger partial charge < -0.3 is 14.4 Å². The quantitative estimate of drug-likeness (QED) is 0.796. The maximum atomic E-state index is 12.9. The highest BCUT2D eigenvalue weighted by atomic mass is 19.4. The summed E-state index contributed by atoms with van der Waals surface area (Å²) in [5.74, 6) is -0.280. The molecule has 0 aliphatic carbocycles. The van der Waals surface area contributed by atoms with E-state index in [-0.39, 0.29) is 23.3 Å². The van der Waals surface area contributed by atoms with Crippen molar-refractivity contribution in [1.29, 1.82) is 0 Å². The zero-order valence-electron chi connectivity index (χ0n) is 12.3. The number of rotatable bonds is 4. The van der Waals surface area contributed by atoms with Gasteiger partial charge in [-0.1, -0.05) is 0 Å². The van der Waals surface area contributed by atoms with Gasteiger partial charge in [0, 0.05) is 20.2 Å². The molecule has 22 heavy (non-hydrogen) atoms. The van der Waals surface area contributed by atoms with Gasteiger partial charge in [0.15, 0.2) is 5.78 Å². The lowest BCUT2D eigenvalue weighted by atomic mass is 10.1. The number of ether oxygens (including phenoxy) is 2. The molecule has 0 saturated carbocycles. The van der Waals surface area contributed by atoms with Gasteiger partial charge in [0.2, 0.25) is 0 Å². The molecule has 0 radical (unpaired) electrons. The third kappa shape index (κ3) is 3.75. The van der Waals surface area contributed by atoms with Crippen molar-refractivity contribution in [3.63, 3.8) is 0 Å². The van der Waals surface area contributed by atoms with E-state index in [1.165, 1.54) is 20.1 Å². The van der Waals surface area contributed by atoms with Gasteiger partial charge in [-0.15, -0.1) is 0 Å². The molecular weight excluding hydrogens is 301 g/mol. The third-order valence-corrected chi connectivity index (χ3v) is 3.34. The molecule has 1 aromatic rings. The van der Waals surface area contributed by atoms with Crippen molar-refractivity contribution in [3.05, 3.63) is 23.4 Å².